The minimum atomic E-state index is -0.703. The molecule has 0 aromatic heterocycles. The highest BCUT2D eigenvalue weighted by atomic mass is 16.6. The fourth-order valence-corrected chi connectivity index (χ4v) is 1.89. The molecule has 1 aliphatic rings. The number of amides is 3. The quantitative estimate of drug-likeness (QED) is 0.848. The lowest BCUT2D eigenvalue weighted by molar-refractivity contribution is 0.0537. The molecular weight excluding hydrogens is 246 g/mol. The maximum absolute atomic E-state index is 11.7. The highest BCUT2D eigenvalue weighted by molar-refractivity contribution is 5.90. The Morgan fingerprint density at radius 2 is 1.84 bits per heavy atom. The largest absolute Gasteiger partial charge is 0.443 e. The van der Waals surface area contributed by atoms with E-state index in [4.69, 9.17) is 4.74 Å². The summed E-state index contributed by atoms with van der Waals surface area (Å²) in [7, 11) is 1.68. The lowest BCUT2D eigenvalue weighted by Gasteiger charge is -2.23. The van der Waals surface area contributed by atoms with E-state index in [1.165, 1.54) is 17.7 Å². The number of likely N-dealkylation sites (N-methyl/N-ethyl adjacent to an activating group) is 1. The molecule has 1 fully saturated rings. The Bertz CT molecular complexity index is 320. The lowest BCUT2D eigenvalue weighted by Crippen LogP contribution is -2.45. The second-order valence-corrected chi connectivity index (χ2v) is 5.90. The molecule has 3 amide bonds. The molecular formula is C13H25N3O3. The maximum Gasteiger partial charge on any atom is 0.415 e. The summed E-state index contributed by atoms with van der Waals surface area (Å²) in [4.78, 5) is 27.0. The Kier molecular flexibility index (Phi) is 5.60. The van der Waals surface area contributed by atoms with E-state index in [9.17, 15) is 9.59 Å². The Balaban J connectivity index is 2.25. The van der Waals surface area contributed by atoms with Crippen molar-refractivity contribution in [2.24, 2.45) is 0 Å². The lowest BCUT2D eigenvalue weighted by atomic mass is 10.2. The van der Waals surface area contributed by atoms with E-state index >= 15 is 0 Å². The van der Waals surface area contributed by atoms with Crippen molar-refractivity contribution in [1.29, 1.82) is 0 Å². The summed E-state index contributed by atoms with van der Waals surface area (Å²) in [5.41, 5.74) is -0.599. The molecule has 1 saturated heterocycles. The Morgan fingerprint density at radius 3 is 2.37 bits per heavy atom. The van der Waals surface area contributed by atoms with E-state index in [1.807, 2.05) is 0 Å². The molecule has 1 N–H and O–H groups in total. The van der Waals surface area contributed by atoms with Crippen LogP contribution in [0.3, 0.4) is 0 Å². The van der Waals surface area contributed by atoms with Crippen LogP contribution >= 0.6 is 0 Å². The maximum atomic E-state index is 11.7. The van der Waals surface area contributed by atoms with Crippen LogP contribution in [0.4, 0.5) is 9.59 Å². The molecule has 0 aromatic rings. The van der Waals surface area contributed by atoms with Gasteiger partial charge in [-0.15, -0.1) is 0 Å². The summed E-state index contributed by atoms with van der Waals surface area (Å²) >= 11 is 0. The first-order valence-electron chi connectivity index (χ1n) is 6.75. The first-order chi connectivity index (χ1) is 8.78. The molecule has 6 nitrogen and oxygen atoms in total. The molecule has 0 atom stereocenters. The third-order valence-corrected chi connectivity index (χ3v) is 2.90. The molecule has 0 spiro atoms. The van der Waals surface area contributed by atoms with Gasteiger partial charge in [0, 0.05) is 20.1 Å². The van der Waals surface area contributed by atoms with Crippen molar-refractivity contribution in [3.8, 4) is 0 Å². The fourth-order valence-electron chi connectivity index (χ4n) is 1.89. The second kappa shape index (κ2) is 6.75. The number of rotatable bonds is 3. The number of hydrogen-bond acceptors (Lipinski definition) is 4. The minimum Gasteiger partial charge on any atom is -0.443 e. The number of nitrogens with one attached hydrogen (secondary N) is 1. The van der Waals surface area contributed by atoms with E-state index in [0.717, 1.165) is 19.6 Å². The zero-order valence-electron chi connectivity index (χ0n) is 12.4. The highest BCUT2D eigenvalue weighted by Crippen LogP contribution is 2.07. The van der Waals surface area contributed by atoms with Gasteiger partial charge in [-0.25, -0.2) is 14.9 Å². The topological polar surface area (TPSA) is 61.9 Å². The van der Waals surface area contributed by atoms with Crippen LogP contribution < -0.4 is 5.32 Å². The standard InChI is InChI=1S/C13H25N3O3/c1-13(2,3)19-12(18)14-11(17)15(4)9-10-16-7-5-6-8-16/h5-10H2,1-4H3,(H,14,17,18). The molecule has 0 unspecified atom stereocenters. The van der Waals surface area contributed by atoms with Gasteiger partial charge < -0.3 is 14.5 Å². The number of alkyl carbamates (subject to hydrolysis) is 1. The van der Waals surface area contributed by atoms with Gasteiger partial charge in [0.2, 0.25) is 0 Å². The van der Waals surface area contributed by atoms with E-state index in [-0.39, 0.29) is 0 Å². The van der Waals surface area contributed by atoms with E-state index in [0.29, 0.717) is 6.54 Å². The van der Waals surface area contributed by atoms with E-state index in [2.05, 4.69) is 10.2 Å². The zero-order valence-corrected chi connectivity index (χ0v) is 12.4. The average Bonchev–Trinajstić information content (AvgIpc) is 2.75. The number of nitrogens with zero attached hydrogens (tertiary/aromatic N) is 2. The highest BCUT2D eigenvalue weighted by Gasteiger charge is 2.20. The predicted octanol–water partition coefficient (Wildman–Crippen LogP) is 1.66. The summed E-state index contributed by atoms with van der Waals surface area (Å²) in [5, 5.41) is 2.22. The number of ether oxygens (including phenoxy) is 1. The van der Waals surface area contributed by atoms with Gasteiger partial charge in [-0.2, -0.15) is 0 Å². The van der Waals surface area contributed by atoms with Crippen LogP contribution in [0.2, 0.25) is 0 Å². The molecule has 19 heavy (non-hydrogen) atoms. The molecule has 1 heterocycles. The zero-order chi connectivity index (χ0) is 14.5. The normalized spacial score (nSPS) is 16.2. The van der Waals surface area contributed by atoms with Gasteiger partial charge in [-0.05, 0) is 46.7 Å². The Hall–Kier alpha value is -1.30. The molecule has 1 aliphatic heterocycles. The second-order valence-electron chi connectivity index (χ2n) is 5.90. The fraction of sp³-hybridized carbons (Fsp3) is 0.846. The van der Waals surface area contributed by atoms with Crippen molar-refractivity contribution in [2.45, 2.75) is 39.2 Å². The number of carbonyl (C=O) groups excluding carboxylic acids is 2. The molecule has 1 rings (SSSR count). The van der Waals surface area contributed by atoms with Crippen molar-refractivity contribution < 1.29 is 14.3 Å². The molecule has 0 radical (unpaired) electrons. The van der Waals surface area contributed by atoms with Crippen LogP contribution in [0.1, 0.15) is 33.6 Å². The molecule has 6 heteroatoms. The third-order valence-electron chi connectivity index (χ3n) is 2.90. The smallest absolute Gasteiger partial charge is 0.415 e. The molecule has 0 aromatic carbocycles. The molecule has 0 aliphatic carbocycles. The van der Waals surface area contributed by atoms with Crippen LogP contribution in [0, 0.1) is 0 Å². The van der Waals surface area contributed by atoms with Crippen LogP contribution in [0.5, 0.6) is 0 Å². The Labute approximate surface area is 115 Å². The van der Waals surface area contributed by atoms with Crippen molar-refractivity contribution in [2.75, 3.05) is 33.2 Å². The molecule has 0 saturated carbocycles. The number of imide groups is 1. The van der Waals surface area contributed by atoms with Crippen LogP contribution in [-0.2, 0) is 4.74 Å². The van der Waals surface area contributed by atoms with Gasteiger partial charge in [-0.3, -0.25) is 0 Å². The average molecular weight is 271 g/mol. The SMILES string of the molecule is CN(CCN1CCCC1)C(=O)NC(=O)OC(C)(C)C. The van der Waals surface area contributed by atoms with Crippen molar-refractivity contribution in [3.05, 3.63) is 0 Å². The summed E-state index contributed by atoms with van der Waals surface area (Å²) in [6.45, 7) is 8.92. The van der Waals surface area contributed by atoms with Gasteiger partial charge in [0.25, 0.3) is 0 Å². The number of likely N-dealkylation sites (tertiary alicyclic amines) is 1. The number of urea groups is 1. The summed E-state index contributed by atoms with van der Waals surface area (Å²) in [5.74, 6) is 0. The number of hydrogen-bond donors (Lipinski definition) is 1. The molecule has 0 bridgehead atoms. The van der Waals surface area contributed by atoms with Crippen LogP contribution in [0.25, 0.3) is 0 Å². The Morgan fingerprint density at radius 1 is 1.26 bits per heavy atom. The van der Waals surface area contributed by atoms with Gasteiger partial charge in [0.05, 0.1) is 0 Å². The van der Waals surface area contributed by atoms with Crippen molar-refractivity contribution in [1.82, 2.24) is 15.1 Å². The van der Waals surface area contributed by atoms with Gasteiger partial charge in [0.15, 0.2) is 0 Å². The number of carbonyl (C=O) groups is 2. The first kappa shape index (κ1) is 15.8. The molecule has 110 valence electrons. The van der Waals surface area contributed by atoms with E-state index in [1.54, 1.807) is 27.8 Å². The van der Waals surface area contributed by atoms with Gasteiger partial charge in [-0.1, -0.05) is 0 Å². The summed E-state index contributed by atoms with van der Waals surface area (Å²) < 4.78 is 5.03. The van der Waals surface area contributed by atoms with Crippen LogP contribution in [-0.4, -0.2) is 60.8 Å². The van der Waals surface area contributed by atoms with Crippen molar-refractivity contribution in [3.63, 3.8) is 0 Å². The van der Waals surface area contributed by atoms with Gasteiger partial charge >= 0.3 is 12.1 Å². The van der Waals surface area contributed by atoms with E-state index < -0.39 is 17.7 Å². The van der Waals surface area contributed by atoms with Crippen LogP contribution in [0.15, 0.2) is 0 Å². The van der Waals surface area contributed by atoms with Gasteiger partial charge in [0.1, 0.15) is 5.60 Å². The van der Waals surface area contributed by atoms with Crippen molar-refractivity contribution >= 4 is 12.1 Å². The minimum absolute atomic E-state index is 0.423. The summed E-state index contributed by atoms with van der Waals surface area (Å²) in [6.07, 6.45) is 1.76. The predicted molar refractivity (Wildman–Crippen MR) is 73.1 cm³/mol. The summed E-state index contributed by atoms with van der Waals surface area (Å²) in [6, 6.07) is -0.423. The monoisotopic (exact) mass is 271 g/mol. The third kappa shape index (κ3) is 6.42. The first-order valence-corrected chi connectivity index (χ1v) is 6.75.